The van der Waals surface area contributed by atoms with Gasteiger partial charge in [-0.15, -0.1) is 0 Å². The summed E-state index contributed by atoms with van der Waals surface area (Å²) < 4.78 is 6.14. The molecule has 2 heteroatoms. The molecule has 1 heterocycles. The normalized spacial score (nSPS) is 22.2. The fourth-order valence-corrected chi connectivity index (χ4v) is 2.14. The quantitative estimate of drug-likeness (QED) is 0.664. The molecule has 2 aliphatic rings. The molecule has 2 fully saturated rings. The van der Waals surface area contributed by atoms with E-state index in [0.717, 1.165) is 5.92 Å². The van der Waals surface area contributed by atoms with Gasteiger partial charge in [0.05, 0.1) is 0 Å². The third kappa shape index (κ3) is 3.16. The van der Waals surface area contributed by atoms with Crippen LogP contribution in [0.3, 0.4) is 0 Å². The molecule has 2 nitrogen and oxygen atoms in total. The predicted molar refractivity (Wildman–Crippen MR) is 67.1 cm³/mol. The summed E-state index contributed by atoms with van der Waals surface area (Å²) >= 11 is 0. The molecular formula is C14H25NO. The zero-order chi connectivity index (χ0) is 11.8. The van der Waals surface area contributed by atoms with Crippen LogP contribution < -0.4 is 0 Å². The molecule has 0 spiro atoms. The molecule has 0 N–H and O–H groups in total. The van der Waals surface area contributed by atoms with E-state index >= 15 is 0 Å². The van der Waals surface area contributed by atoms with E-state index in [1.165, 1.54) is 50.2 Å². The van der Waals surface area contributed by atoms with Crippen LogP contribution in [0.4, 0.5) is 0 Å². The topological polar surface area (TPSA) is 12.5 Å². The molecule has 16 heavy (non-hydrogen) atoms. The van der Waals surface area contributed by atoms with E-state index in [4.69, 9.17) is 4.74 Å². The van der Waals surface area contributed by atoms with E-state index in [9.17, 15) is 0 Å². The molecule has 0 aromatic rings. The number of piperidine rings is 1. The maximum absolute atomic E-state index is 6.14. The van der Waals surface area contributed by atoms with E-state index in [1.807, 2.05) is 0 Å². The van der Waals surface area contributed by atoms with Gasteiger partial charge in [0.15, 0.2) is 5.88 Å². The van der Waals surface area contributed by atoms with Crippen molar-refractivity contribution in [2.24, 2.45) is 5.92 Å². The Morgan fingerprint density at radius 3 is 2.19 bits per heavy atom. The summed E-state index contributed by atoms with van der Waals surface area (Å²) in [6.07, 6.45) is 5.11. The minimum atomic E-state index is -0.0615. The van der Waals surface area contributed by atoms with Crippen molar-refractivity contribution >= 4 is 0 Å². The lowest BCUT2D eigenvalue weighted by atomic mass is 9.99. The minimum Gasteiger partial charge on any atom is -0.473 e. The molecule has 0 unspecified atom stereocenters. The molecule has 0 bridgehead atoms. The second-order valence-corrected chi connectivity index (χ2v) is 6.29. The summed E-state index contributed by atoms with van der Waals surface area (Å²) in [5.74, 6) is 2.09. The number of nitrogens with zero attached hydrogens (tertiary/aromatic N) is 1. The van der Waals surface area contributed by atoms with Crippen LogP contribution in [0, 0.1) is 5.92 Å². The maximum atomic E-state index is 6.14. The SMILES string of the molecule is CC1CCN(C(OC(C)(C)C)=C2CC2)CC1. The summed E-state index contributed by atoms with van der Waals surface area (Å²) in [4.78, 5) is 2.47. The van der Waals surface area contributed by atoms with E-state index in [-0.39, 0.29) is 5.60 Å². The summed E-state index contributed by atoms with van der Waals surface area (Å²) in [5.41, 5.74) is 1.47. The lowest BCUT2D eigenvalue weighted by molar-refractivity contribution is -0.00719. The van der Waals surface area contributed by atoms with Gasteiger partial charge in [0.2, 0.25) is 0 Å². The van der Waals surface area contributed by atoms with Crippen molar-refractivity contribution in [2.45, 2.75) is 59.0 Å². The third-order valence-corrected chi connectivity index (χ3v) is 3.28. The number of allylic oxidation sites excluding steroid dienone is 1. The molecule has 0 aromatic carbocycles. The van der Waals surface area contributed by atoms with Crippen LogP contribution in [0.5, 0.6) is 0 Å². The van der Waals surface area contributed by atoms with E-state index in [0.29, 0.717) is 0 Å². The first-order chi connectivity index (χ1) is 7.46. The van der Waals surface area contributed by atoms with Gasteiger partial charge in [0.25, 0.3) is 0 Å². The zero-order valence-corrected chi connectivity index (χ0v) is 11.2. The van der Waals surface area contributed by atoms with Gasteiger partial charge in [0.1, 0.15) is 5.60 Å². The standard InChI is InChI=1S/C14H25NO/c1-11-7-9-15(10-8-11)13(12-5-6-12)16-14(2,3)4/h11H,5-10H2,1-4H3. The van der Waals surface area contributed by atoms with Crippen LogP contribution >= 0.6 is 0 Å². The van der Waals surface area contributed by atoms with Gasteiger partial charge in [-0.3, -0.25) is 0 Å². The lowest BCUT2D eigenvalue weighted by Crippen LogP contribution is -2.36. The number of hydrogen-bond donors (Lipinski definition) is 0. The largest absolute Gasteiger partial charge is 0.473 e. The third-order valence-electron chi connectivity index (χ3n) is 3.28. The molecule has 2 rings (SSSR count). The van der Waals surface area contributed by atoms with Crippen molar-refractivity contribution in [1.82, 2.24) is 4.90 Å². The molecule has 0 aromatic heterocycles. The maximum Gasteiger partial charge on any atom is 0.188 e. The van der Waals surface area contributed by atoms with Crippen molar-refractivity contribution < 1.29 is 4.74 Å². The Labute approximate surface area is 99.7 Å². The summed E-state index contributed by atoms with van der Waals surface area (Å²) in [6, 6.07) is 0. The van der Waals surface area contributed by atoms with Crippen LogP contribution in [0.1, 0.15) is 53.4 Å². The van der Waals surface area contributed by atoms with Crippen LogP contribution in [-0.4, -0.2) is 23.6 Å². The Morgan fingerprint density at radius 2 is 1.75 bits per heavy atom. The second kappa shape index (κ2) is 4.31. The molecule has 1 saturated heterocycles. The Kier molecular flexibility index (Phi) is 3.18. The van der Waals surface area contributed by atoms with Gasteiger partial charge < -0.3 is 9.64 Å². The molecule has 92 valence electrons. The van der Waals surface area contributed by atoms with Gasteiger partial charge in [-0.25, -0.2) is 0 Å². The average molecular weight is 223 g/mol. The molecule has 0 atom stereocenters. The summed E-state index contributed by atoms with van der Waals surface area (Å²) in [6.45, 7) is 11.1. The smallest absolute Gasteiger partial charge is 0.188 e. The molecule has 0 amide bonds. The first-order valence-corrected chi connectivity index (χ1v) is 6.62. The van der Waals surface area contributed by atoms with E-state index in [2.05, 4.69) is 32.6 Å². The van der Waals surface area contributed by atoms with Gasteiger partial charge in [-0.05, 0) is 57.9 Å². The first kappa shape index (κ1) is 11.8. The minimum absolute atomic E-state index is 0.0615. The fourth-order valence-electron chi connectivity index (χ4n) is 2.14. The average Bonchev–Trinajstić information content (AvgIpc) is 2.97. The monoisotopic (exact) mass is 223 g/mol. The van der Waals surface area contributed by atoms with Crippen molar-refractivity contribution in [3.05, 3.63) is 11.5 Å². The van der Waals surface area contributed by atoms with Crippen molar-refractivity contribution in [3.63, 3.8) is 0 Å². The predicted octanol–water partition coefficient (Wildman–Crippen LogP) is 3.54. The molecule has 1 saturated carbocycles. The Bertz CT molecular complexity index is 274. The van der Waals surface area contributed by atoms with Crippen molar-refractivity contribution in [1.29, 1.82) is 0 Å². The van der Waals surface area contributed by atoms with Gasteiger partial charge in [-0.1, -0.05) is 6.92 Å². The number of likely N-dealkylation sites (tertiary alicyclic amines) is 1. The zero-order valence-electron chi connectivity index (χ0n) is 11.2. The van der Waals surface area contributed by atoms with E-state index < -0.39 is 0 Å². The Morgan fingerprint density at radius 1 is 1.19 bits per heavy atom. The Balaban J connectivity index is 2.01. The highest BCUT2D eigenvalue weighted by Crippen LogP contribution is 2.36. The van der Waals surface area contributed by atoms with E-state index in [1.54, 1.807) is 0 Å². The molecule has 0 radical (unpaired) electrons. The highest BCUT2D eigenvalue weighted by Gasteiger charge is 2.29. The van der Waals surface area contributed by atoms with Gasteiger partial charge >= 0.3 is 0 Å². The van der Waals surface area contributed by atoms with Crippen LogP contribution in [0.25, 0.3) is 0 Å². The van der Waals surface area contributed by atoms with Gasteiger partial charge in [-0.2, -0.15) is 0 Å². The first-order valence-electron chi connectivity index (χ1n) is 6.62. The lowest BCUT2D eigenvalue weighted by Gasteiger charge is -2.36. The van der Waals surface area contributed by atoms with Gasteiger partial charge in [0, 0.05) is 13.1 Å². The number of rotatable bonds is 2. The van der Waals surface area contributed by atoms with Crippen molar-refractivity contribution in [3.8, 4) is 0 Å². The molecular weight excluding hydrogens is 198 g/mol. The summed E-state index contributed by atoms with van der Waals surface area (Å²) in [7, 11) is 0. The highest BCUT2D eigenvalue weighted by molar-refractivity contribution is 5.21. The number of hydrogen-bond acceptors (Lipinski definition) is 2. The van der Waals surface area contributed by atoms with Crippen LogP contribution in [0.2, 0.25) is 0 Å². The van der Waals surface area contributed by atoms with Crippen molar-refractivity contribution in [2.75, 3.05) is 13.1 Å². The number of ether oxygens (including phenoxy) is 1. The molecule has 1 aliphatic heterocycles. The highest BCUT2D eigenvalue weighted by atomic mass is 16.5. The second-order valence-electron chi connectivity index (χ2n) is 6.29. The van der Waals surface area contributed by atoms with Crippen LogP contribution in [-0.2, 0) is 4.74 Å². The molecule has 1 aliphatic carbocycles. The van der Waals surface area contributed by atoms with Crippen LogP contribution in [0.15, 0.2) is 11.5 Å². The fraction of sp³-hybridized carbons (Fsp3) is 0.857. The Hall–Kier alpha value is -0.660. The summed E-state index contributed by atoms with van der Waals surface area (Å²) in [5, 5.41) is 0.